The molecule has 0 fully saturated rings. The van der Waals surface area contributed by atoms with Gasteiger partial charge in [-0.2, -0.15) is 0 Å². The van der Waals surface area contributed by atoms with E-state index in [0.717, 1.165) is 26.1 Å². The zero-order valence-electron chi connectivity index (χ0n) is 10.5. The molecule has 1 aliphatic heterocycles. The summed E-state index contributed by atoms with van der Waals surface area (Å²) in [5.74, 6) is 0. The molecule has 0 radical (unpaired) electrons. The molecular weight excluding hydrogens is 200 g/mol. The second-order valence-electron chi connectivity index (χ2n) is 4.91. The lowest BCUT2D eigenvalue weighted by atomic mass is 10.1. The Balaban J connectivity index is 2.05. The Morgan fingerprint density at radius 2 is 2.38 bits per heavy atom. The Morgan fingerprint density at radius 3 is 3.12 bits per heavy atom. The van der Waals surface area contributed by atoms with Crippen molar-refractivity contribution in [1.29, 1.82) is 0 Å². The predicted octanol–water partition coefficient (Wildman–Crippen LogP) is 1.04. The largest absolute Gasteiger partial charge is 0.331 e. The fraction of sp³-hybridized carbons (Fsp3) is 0.750. The van der Waals surface area contributed by atoms with Crippen molar-refractivity contribution in [2.75, 3.05) is 27.2 Å². The highest BCUT2D eigenvalue weighted by Gasteiger charge is 2.17. The van der Waals surface area contributed by atoms with E-state index in [2.05, 4.69) is 40.8 Å². The zero-order chi connectivity index (χ0) is 11.5. The molecule has 4 nitrogen and oxygen atoms in total. The molecule has 0 amide bonds. The molecule has 0 aliphatic carbocycles. The van der Waals surface area contributed by atoms with Crippen molar-refractivity contribution < 1.29 is 0 Å². The van der Waals surface area contributed by atoms with Crippen LogP contribution in [-0.2, 0) is 13.0 Å². The van der Waals surface area contributed by atoms with E-state index in [0.29, 0.717) is 6.04 Å². The van der Waals surface area contributed by atoms with Gasteiger partial charge in [0.15, 0.2) is 0 Å². The van der Waals surface area contributed by atoms with Gasteiger partial charge in [-0.05, 0) is 34.0 Å². The quantitative estimate of drug-likeness (QED) is 0.826. The molecule has 1 aliphatic rings. The van der Waals surface area contributed by atoms with E-state index in [1.165, 1.54) is 17.8 Å². The smallest absolute Gasteiger partial charge is 0.0954 e. The van der Waals surface area contributed by atoms with Crippen LogP contribution in [0, 0.1) is 0 Å². The maximum absolute atomic E-state index is 4.49. The average molecular weight is 222 g/mol. The maximum Gasteiger partial charge on any atom is 0.0954 e. The first-order chi connectivity index (χ1) is 7.68. The van der Waals surface area contributed by atoms with Gasteiger partial charge < -0.3 is 14.8 Å². The SMILES string of the molecule is CC(CCN(C)C)n1cnc2c1CCNC2. The number of nitrogens with one attached hydrogen (secondary N) is 1. The fourth-order valence-electron chi connectivity index (χ4n) is 2.22. The third kappa shape index (κ3) is 2.44. The van der Waals surface area contributed by atoms with E-state index < -0.39 is 0 Å². The predicted molar refractivity (Wildman–Crippen MR) is 65.5 cm³/mol. The molecule has 2 rings (SSSR count). The number of hydrogen-bond acceptors (Lipinski definition) is 3. The first kappa shape index (κ1) is 11.6. The molecule has 1 unspecified atom stereocenters. The van der Waals surface area contributed by atoms with Crippen LogP contribution in [0.3, 0.4) is 0 Å². The molecule has 0 saturated heterocycles. The van der Waals surface area contributed by atoms with E-state index in [9.17, 15) is 0 Å². The van der Waals surface area contributed by atoms with Crippen molar-refractivity contribution in [2.45, 2.75) is 32.4 Å². The van der Waals surface area contributed by atoms with Crippen molar-refractivity contribution in [1.82, 2.24) is 19.8 Å². The van der Waals surface area contributed by atoms with Crippen LogP contribution < -0.4 is 5.32 Å². The molecule has 1 N–H and O–H groups in total. The summed E-state index contributed by atoms with van der Waals surface area (Å²) in [7, 11) is 4.25. The van der Waals surface area contributed by atoms with Crippen LogP contribution in [0.25, 0.3) is 0 Å². The van der Waals surface area contributed by atoms with Crippen molar-refractivity contribution in [3.63, 3.8) is 0 Å². The summed E-state index contributed by atoms with van der Waals surface area (Å²) < 4.78 is 2.36. The minimum absolute atomic E-state index is 0.553. The van der Waals surface area contributed by atoms with Gasteiger partial charge in [-0.25, -0.2) is 4.98 Å². The number of aromatic nitrogens is 2. The lowest BCUT2D eigenvalue weighted by molar-refractivity contribution is 0.354. The topological polar surface area (TPSA) is 33.1 Å². The van der Waals surface area contributed by atoms with Gasteiger partial charge in [0.2, 0.25) is 0 Å². The summed E-state index contributed by atoms with van der Waals surface area (Å²) in [6, 6.07) is 0.553. The summed E-state index contributed by atoms with van der Waals surface area (Å²) in [4.78, 5) is 6.73. The first-order valence-corrected chi connectivity index (χ1v) is 6.08. The van der Waals surface area contributed by atoms with Crippen molar-refractivity contribution in [2.24, 2.45) is 0 Å². The first-order valence-electron chi connectivity index (χ1n) is 6.08. The third-order valence-corrected chi connectivity index (χ3v) is 3.28. The normalized spacial score (nSPS) is 17.5. The standard InChI is InChI=1S/C12H22N4/c1-10(5-7-15(2)3)16-9-14-11-8-13-6-4-12(11)16/h9-10,13H,4-8H2,1-3H3. The molecule has 0 aromatic carbocycles. The minimum Gasteiger partial charge on any atom is -0.331 e. The van der Waals surface area contributed by atoms with Gasteiger partial charge in [0.25, 0.3) is 0 Å². The van der Waals surface area contributed by atoms with Gasteiger partial charge >= 0.3 is 0 Å². The van der Waals surface area contributed by atoms with E-state index in [4.69, 9.17) is 0 Å². The molecule has 16 heavy (non-hydrogen) atoms. The average Bonchev–Trinajstić information content (AvgIpc) is 2.69. The van der Waals surface area contributed by atoms with Crippen LogP contribution in [0.4, 0.5) is 0 Å². The van der Waals surface area contributed by atoms with Gasteiger partial charge in [0.1, 0.15) is 0 Å². The lowest BCUT2D eigenvalue weighted by Gasteiger charge is -2.21. The van der Waals surface area contributed by atoms with Crippen LogP contribution in [0.1, 0.15) is 30.8 Å². The second kappa shape index (κ2) is 4.97. The zero-order valence-corrected chi connectivity index (χ0v) is 10.5. The number of rotatable bonds is 4. The summed E-state index contributed by atoms with van der Waals surface area (Å²) in [6.07, 6.45) is 4.31. The molecule has 0 bridgehead atoms. The highest BCUT2D eigenvalue weighted by molar-refractivity contribution is 5.17. The van der Waals surface area contributed by atoms with Crippen LogP contribution >= 0.6 is 0 Å². The fourth-order valence-corrected chi connectivity index (χ4v) is 2.22. The van der Waals surface area contributed by atoms with Gasteiger partial charge in [-0.15, -0.1) is 0 Å². The van der Waals surface area contributed by atoms with E-state index in [-0.39, 0.29) is 0 Å². The second-order valence-corrected chi connectivity index (χ2v) is 4.91. The molecule has 90 valence electrons. The molecular formula is C12H22N4. The van der Waals surface area contributed by atoms with Crippen molar-refractivity contribution in [3.05, 3.63) is 17.7 Å². The number of hydrogen-bond donors (Lipinski definition) is 1. The number of imidazole rings is 1. The number of nitrogens with zero attached hydrogens (tertiary/aromatic N) is 3. The van der Waals surface area contributed by atoms with E-state index in [1.54, 1.807) is 0 Å². The number of fused-ring (bicyclic) bond motifs is 1. The summed E-state index contributed by atoms with van der Waals surface area (Å²) in [5, 5.41) is 3.36. The highest BCUT2D eigenvalue weighted by Crippen LogP contribution is 2.19. The molecule has 4 heteroatoms. The van der Waals surface area contributed by atoms with Crippen molar-refractivity contribution >= 4 is 0 Å². The van der Waals surface area contributed by atoms with Crippen molar-refractivity contribution in [3.8, 4) is 0 Å². The Bertz CT molecular complexity index is 343. The van der Waals surface area contributed by atoms with Gasteiger partial charge in [-0.3, -0.25) is 0 Å². The monoisotopic (exact) mass is 222 g/mol. The minimum atomic E-state index is 0.553. The molecule has 1 aromatic rings. The molecule has 1 aromatic heterocycles. The molecule has 0 saturated carbocycles. The van der Waals surface area contributed by atoms with Crippen LogP contribution in [-0.4, -0.2) is 41.6 Å². The van der Waals surface area contributed by atoms with Crippen LogP contribution in [0.5, 0.6) is 0 Å². The Kier molecular flexibility index (Phi) is 3.61. The van der Waals surface area contributed by atoms with Gasteiger partial charge in [0.05, 0.1) is 12.0 Å². The van der Waals surface area contributed by atoms with Gasteiger partial charge in [-0.1, -0.05) is 0 Å². The molecule has 0 spiro atoms. The Morgan fingerprint density at radius 1 is 1.56 bits per heavy atom. The van der Waals surface area contributed by atoms with E-state index >= 15 is 0 Å². The summed E-state index contributed by atoms with van der Waals surface area (Å²) >= 11 is 0. The Hall–Kier alpha value is -0.870. The molecule has 1 atom stereocenters. The highest BCUT2D eigenvalue weighted by atomic mass is 15.1. The van der Waals surface area contributed by atoms with Crippen LogP contribution in [0.15, 0.2) is 6.33 Å². The van der Waals surface area contributed by atoms with Crippen LogP contribution in [0.2, 0.25) is 0 Å². The molecule has 2 heterocycles. The lowest BCUT2D eigenvalue weighted by Crippen LogP contribution is -2.26. The third-order valence-electron chi connectivity index (χ3n) is 3.28. The summed E-state index contributed by atoms with van der Waals surface area (Å²) in [5.41, 5.74) is 2.67. The van der Waals surface area contributed by atoms with Gasteiger partial charge in [0, 0.05) is 31.2 Å². The van der Waals surface area contributed by atoms with E-state index in [1.807, 2.05) is 6.33 Å². The Labute approximate surface area is 97.7 Å². The summed E-state index contributed by atoms with van der Waals surface area (Å²) in [6.45, 7) is 5.43. The maximum atomic E-state index is 4.49.